The maximum atomic E-state index is 13.0. The third-order valence-electron chi connectivity index (χ3n) is 7.10. The van der Waals surface area contributed by atoms with Crippen molar-refractivity contribution in [3.8, 4) is 17.2 Å². The largest absolute Gasteiger partial charge is 0.547 e. The van der Waals surface area contributed by atoms with Crippen LogP contribution in [0.5, 0.6) is 17.2 Å². The molecule has 2 heterocycles. The number of carboxylic acids is 2. The van der Waals surface area contributed by atoms with Crippen LogP contribution in [0.2, 0.25) is 0 Å². The van der Waals surface area contributed by atoms with Gasteiger partial charge in [-0.05, 0) is 42.7 Å². The Kier molecular flexibility index (Phi) is 11.8. The number of nitrogens with zero attached hydrogens (tertiary/aromatic N) is 3. The first kappa shape index (κ1) is 36.2. The smallest absolute Gasteiger partial charge is 0.535 e. The van der Waals surface area contributed by atoms with Gasteiger partial charge in [-0.25, -0.2) is 14.6 Å². The lowest BCUT2D eigenvalue weighted by atomic mass is 9.73. The van der Waals surface area contributed by atoms with Gasteiger partial charge in [-0.15, -0.1) is 11.3 Å². The van der Waals surface area contributed by atoms with Crippen molar-refractivity contribution in [2.24, 2.45) is 0 Å². The number of carbonyl (C=O) groups excluding carboxylic acids is 2. The van der Waals surface area contributed by atoms with Gasteiger partial charge in [0.2, 0.25) is 11.8 Å². The number of para-hydroxylation sites is 1. The Morgan fingerprint density at radius 3 is 2.22 bits per heavy atom. The van der Waals surface area contributed by atoms with E-state index in [2.05, 4.69) is 20.7 Å². The number of phenols is 2. The van der Waals surface area contributed by atoms with E-state index in [1.807, 2.05) is 0 Å². The van der Waals surface area contributed by atoms with E-state index in [0.29, 0.717) is 5.69 Å². The minimum absolute atomic E-state index is 0.00147. The summed E-state index contributed by atoms with van der Waals surface area (Å²) in [6, 6.07) is 7.41. The van der Waals surface area contributed by atoms with Gasteiger partial charge in [0.15, 0.2) is 5.13 Å². The van der Waals surface area contributed by atoms with E-state index in [4.69, 9.17) is 10.4 Å². The van der Waals surface area contributed by atoms with Crippen LogP contribution in [0.4, 0.5) is 5.13 Å². The van der Waals surface area contributed by atoms with Gasteiger partial charge < -0.3 is 56.5 Å². The zero-order valence-electron chi connectivity index (χ0n) is 25.3. The first-order chi connectivity index (χ1) is 23.2. The number of carboxylic acid groups (broad SMARTS) is 2. The highest BCUT2D eigenvalue weighted by Gasteiger charge is 2.35. The predicted molar refractivity (Wildman–Crippen MR) is 173 cm³/mol. The molecule has 0 saturated carbocycles. The highest BCUT2D eigenvalue weighted by Crippen LogP contribution is 2.34. The molecule has 2 atom stereocenters. The van der Waals surface area contributed by atoms with Crippen LogP contribution in [-0.2, 0) is 35.4 Å². The fourth-order valence-electron chi connectivity index (χ4n) is 4.77. The number of thiazole rings is 1. The molecule has 2 unspecified atom stereocenters. The van der Waals surface area contributed by atoms with Crippen LogP contribution in [0.15, 0.2) is 54.2 Å². The van der Waals surface area contributed by atoms with Crippen LogP contribution < -0.4 is 21.0 Å². The summed E-state index contributed by atoms with van der Waals surface area (Å²) in [4.78, 5) is 53.0. The molecular formula is C28H30B2N6O12S. The number of anilines is 1. The number of nitrogen functional groups attached to an aromatic ring is 1. The second kappa shape index (κ2) is 16.0. The summed E-state index contributed by atoms with van der Waals surface area (Å²) in [5, 5.41) is 82.5. The lowest BCUT2D eigenvalue weighted by molar-refractivity contribution is -0.122. The van der Waals surface area contributed by atoms with Crippen molar-refractivity contribution >= 4 is 54.5 Å². The highest BCUT2D eigenvalue weighted by atomic mass is 32.1. The molecule has 11 N–H and O–H groups in total. The average molecular weight is 696 g/mol. The number of benzene rings is 2. The van der Waals surface area contributed by atoms with Crippen molar-refractivity contribution in [2.45, 2.75) is 37.7 Å². The number of nitrogens with one attached hydrogen (secondary N) is 2. The summed E-state index contributed by atoms with van der Waals surface area (Å²) in [6.07, 6.45) is 1.60. The summed E-state index contributed by atoms with van der Waals surface area (Å²) in [6.45, 7) is -0.315. The molecule has 0 aliphatic carbocycles. The fraction of sp³-hybridized carbons (Fsp3) is 0.214. The van der Waals surface area contributed by atoms with Gasteiger partial charge in [-0.1, -0.05) is 12.1 Å². The lowest BCUT2D eigenvalue weighted by Crippen LogP contribution is -2.51. The van der Waals surface area contributed by atoms with Gasteiger partial charge in [0.05, 0.1) is 24.0 Å². The number of carbonyl (C=O) groups is 4. The molecule has 0 fully saturated rings. The number of rotatable bonds is 16. The number of nitrogens with two attached hydrogens (primary N) is 1. The molecule has 0 aliphatic heterocycles. The molecule has 4 aromatic rings. The Labute approximate surface area is 281 Å². The molecule has 2 aromatic heterocycles. The molecule has 256 valence electrons. The Bertz CT molecular complexity index is 1820. The molecule has 18 nitrogen and oxygen atoms in total. The second-order valence-electron chi connectivity index (χ2n) is 10.6. The highest BCUT2D eigenvalue weighted by molar-refractivity contribution is 7.13. The third kappa shape index (κ3) is 9.47. The summed E-state index contributed by atoms with van der Waals surface area (Å²) >= 11 is 1.09. The van der Waals surface area contributed by atoms with Crippen LogP contribution in [0.25, 0.3) is 0 Å². The number of aromatic nitrogens is 3. The molecular weight excluding hydrogens is 666 g/mol. The number of hydrogen-bond acceptors (Lipinski definition) is 14. The van der Waals surface area contributed by atoms with Crippen molar-refractivity contribution in [1.29, 1.82) is 0 Å². The Hall–Kier alpha value is -5.63. The van der Waals surface area contributed by atoms with Crippen molar-refractivity contribution in [3.05, 3.63) is 82.1 Å². The molecule has 0 saturated heterocycles. The maximum Gasteiger partial charge on any atom is 0.547 e. The number of amides is 2. The van der Waals surface area contributed by atoms with Crippen LogP contribution in [0, 0.1) is 0 Å². The molecule has 49 heavy (non-hydrogen) atoms. The van der Waals surface area contributed by atoms with Gasteiger partial charge in [0, 0.05) is 23.3 Å². The number of hydrogen-bond donors (Lipinski definition) is 10. The Morgan fingerprint density at radius 2 is 1.61 bits per heavy atom. The topological polar surface area (TPSA) is 300 Å². The van der Waals surface area contributed by atoms with Gasteiger partial charge in [0.1, 0.15) is 34.9 Å². The van der Waals surface area contributed by atoms with E-state index in [9.17, 15) is 54.7 Å². The van der Waals surface area contributed by atoms with Crippen LogP contribution in [0.3, 0.4) is 0 Å². The third-order valence-corrected chi connectivity index (χ3v) is 7.83. The SMILES string of the molecule is Nc1nc(CC(=O)NC(Cc2cccc(C(=O)O)c2O)B(O)Oc2ccc(C(=O)O)c(O)c2CC(NC(=O)Cn2cccn2)B(O)O)cs1. The van der Waals surface area contributed by atoms with Crippen molar-refractivity contribution in [2.75, 3.05) is 5.73 Å². The van der Waals surface area contributed by atoms with E-state index >= 15 is 0 Å². The fourth-order valence-corrected chi connectivity index (χ4v) is 5.33. The minimum atomic E-state index is -2.22. The van der Waals surface area contributed by atoms with Crippen LogP contribution in [-0.4, -0.2) is 100 Å². The molecule has 2 amide bonds. The quantitative estimate of drug-likeness (QED) is 0.0618. The van der Waals surface area contributed by atoms with Gasteiger partial charge in [-0.3, -0.25) is 14.3 Å². The zero-order chi connectivity index (χ0) is 35.8. The summed E-state index contributed by atoms with van der Waals surface area (Å²) < 4.78 is 6.96. The number of aromatic hydroxyl groups is 2. The Morgan fingerprint density at radius 1 is 0.918 bits per heavy atom. The summed E-state index contributed by atoms with van der Waals surface area (Å²) in [7, 11) is -4.23. The molecule has 0 bridgehead atoms. The van der Waals surface area contributed by atoms with Crippen molar-refractivity contribution in [3.63, 3.8) is 0 Å². The first-order valence-electron chi connectivity index (χ1n) is 14.3. The summed E-state index contributed by atoms with van der Waals surface area (Å²) in [5.74, 6) is -9.23. The maximum absolute atomic E-state index is 13.0. The molecule has 0 radical (unpaired) electrons. The minimum Gasteiger partial charge on any atom is -0.535 e. The molecule has 21 heteroatoms. The van der Waals surface area contributed by atoms with E-state index in [1.54, 1.807) is 6.07 Å². The molecule has 0 spiro atoms. The first-order valence-corrected chi connectivity index (χ1v) is 15.2. The lowest BCUT2D eigenvalue weighted by Gasteiger charge is -2.25. The molecule has 2 aromatic carbocycles. The van der Waals surface area contributed by atoms with Crippen LogP contribution in [0.1, 0.15) is 37.5 Å². The summed E-state index contributed by atoms with van der Waals surface area (Å²) in [5.41, 5.74) is 4.51. The zero-order valence-corrected chi connectivity index (χ0v) is 26.1. The van der Waals surface area contributed by atoms with Crippen molar-refractivity contribution in [1.82, 2.24) is 25.4 Å². The Balaban J connectivity index is 1.65. The standard InChI is InChI=1S/C28H30B2N6O12S/c31-28-33-15(13-49-28)10-22(37)35-21(9-14-3-1-4-16(24(14)39)26(41)42)30(47)48-19-6-5-17(27(43)44)25(40)18(19)11-20(29(45)46)34-23(38)12-36-8-2-7-32-36/h1-8,13,20-21,39-40,45-47H,9-12H2,(H2,31,33)(H,34,38)(H,35,37)(H,41,42)(H,43,44). The van der Waals surface area contributed by atoms with Gasteiger partial charge >= 0.3 is 26.2 Å². The van der Waals surface area contributed by atoms with E-state index in [1.165, 1.54) is 34.6 Å². The molecule has 0 aliphatic rings. The van der Waals surface area contributed by atoms with E-state index < -0.39 is 85.3 Å². The van der Waals surface area contributed by atoms with Gasteiger partial charge in [-0.2, -0.15) is 5.10 Å². The van der Waals surface area contributed by atoms with E-state index in [0.717, 1.165) is 29.5 Å². The van der Waals surface area contributed by atoms with Crippen LogP contribution >= 0.6 is 11.3 Å². The normalized spacial score (nSPS) is 12.1. The predicted octanol–water partition coefficient (Wildman–Crippen LogP) is -1.16. The number of aromatic carboxylic acids is 2. The molecule has 4 rings (SSSR count). The van der Waals surface area contributed by atoms with E-state index in [-0.39, 0.29) is 35.0 Å². The van der Waals surface area contributed by atoms with Crippen molar-refractivity contribution < 1.29 is 59.3 Å². The second-order valence-corrected chi connectivity index (χ2v) is 11.5. The van der Waals surface area contributed by atoms with Gasteiger partial charge in [0.25, 0.3) is 0 Å². The monoisotopic (exact) mass is 696 g/mol. The average Bonchev–Trinajstić information content (AvgIpc) is 3.69.